The second-order valence-electron chi connectivity index (χ2n) is 13.0. The minimum atomic E-state index is -1.16. The first-order chi connectivity index (χ1) is 27.1. The number of tetrazole rings is 1. The molecule has 0 spiro atoms. The van der Waals surface area contributed by atoms with Crippen molar-refractivity contribution >= 4 is 23.4 Å². The lowest BCUT2D eigenvalue weighted by atomic mass is 9.93. The fourth-order valence-corrected chi connectivity index (χ4v) is 6.57. The molecule has 2 unspecified atom stereocenters. The van der Waals surface area contributed by atoms with Gasteiger partial charge in [0.15, 0.2) is 10.9 Å². The molecule has 17 nitrogen and oxygen atoms in total. The van der Waals surface area contributed by atoms with Crippen LogP contribution in [0.5, 0.6) is 0 Å². The zero-order valence-corrected chi connectivity index (χ0v) is 31.4. The molecule has 0 saturated carbocycles. The molecule has 3 aromatic carbocycles. The van der Waals surface area contributed by atoms with E-state index in [0.29, 0.717) is 24.6 Å². The molecule has 0 saturated heterocycles. The van der Waals surface area contributed by atoms with E-state index in [0.717, 1.165) is 40.7 Å². The Hall–Kier alpha value is -6.23. The third-order valence-corrected chi connectivity index (χ3v) is 9.26. The van der Waals surface area contributed by atoms with Crippen LogP contribution >= 0.6 is 11.6 Å². The molecular formula is C38H41ClN8O9. The Morgan fingerprint density at radius 3 is 2.32 bits per heavy atom. The molecule has 0 aliphatic heterocycles. The Kier molecular flexibility index (Phi) is 15.0. The average molecular weight is 789 g/mol. The van der Waals surface area contributed by atoms with Crippen molar-refractivity contribution in [3.05, 3.63) is 127 Å². The van der Waals surface area contributed by atoms with Crippen LogP contribution in [0, 0.1) is 26.1 Å². The maximum atomic E-state index is 14.2. The van der Waals surface area contributed by atoms with Crippen LogP contribution in [0.3, 0.4) is 0 Å². The highest BCUT2D eigenvalue weighted by atomic mass is 35.5. The largest absolute Gasteiger partial charge is 0.465 e. The molecule has 2 heterocycles. The number of nitrogens with one attached hydrogen (secondary N) is 1. The van der Waals surface area contributed by atoms with Crippen LogP contribution in [0.1, 0.15) is 72.9 Å². The summed E-state index contributed by atoms with van der Waals surface area (Å²) in [6.07, 6.45) is 1.83. The SMILES string of the molecule is CCCCc1nc(Cl)c(C(=O)CC(Cc2ccccc2)C(=O)OCCCCC(CO[N+](=O)[O-])O[N+](=O)[O-])n1Cc1ccc(-c2ccccc2-c2nn[nH]n2)cc1. The molecular weight excluding hydrogens is 748 g/mol. The maximum Gasteiger partial charge on any atom is 0.309 e. The highest BCUT2D eigenvalue weighted by molar-refractivity contribution is 6.32. The van der Waals surface area contributed by atoms with E-state index in [1.54, 1.807) is 0 Å². The summed E-state index contributed by atoms with van der Waals surface area (Å²) in [5.74, 6) is -0.674. The van der Waals surface area contributed by atoms with E-state index in [9.17, 15) is 29.8 Å². The first kappa shape index (κ1) is 40.9. The summed E-state index contributed by atoms with van der Waals surface area (Å²) in [4.78, 5) is 62.3. The van der Waals surface area contributed by atoms with Gasteiger partial charge in [0, 0.05) is 24.9 Å². The number of aryl methyl sites for hydroxylation is 1. The molecule has 0 fully saturated rings. The molecule has 2 atom stereocenters. The van der Waals surface area contributed by atoms with Gasteiger partial charge in [-0.1, -0.05) is 104 Å². The fourth-order valence-electron chi connectivity index (χ4n) is 6.26. The quantitative estimate of drug-likeness (QED) is 0.0239. The highest BCUT2D eigenvalue weighted by Gasteiger charge is 2.29. The van der Waals surface area contributed by atoms with Gasteiger partial charge in [-0.05, 0) is 59.6 Å². The van der Waals surface area contributed by atoms with Gasteiger partial charge in [0.05, 0.1) is 12.5 Å². The van der Waals surface area contributed by atoms with Gasteiger partial charge in [-0.3, -0.25) is 9.59 Å². The van der Waals surface area contributed by atoms with E-state index in [4.69, 9.17) is 16.3 Å². The van der Waals surface area contributed by atoms with Crippen LogP contribution in [0.4, 0.5) is 0 Å². The molecule has 0 bridgehead atoms. The maximum absolute atomic E-state index is 14.2. The van der Waals surface area contributed by atoms with Gasteiger partial charge < -0.3 is 19.0 Å². The number of carbonyl (C=O) groups excluding carboxylic acids is 2. The molecule has 0 amide bonds. The number of hydrogen-bond donors (Lipinski definition) is 1. The van der Waals surface area contributed by atoms with Crippen molar-refractivity contribution in [1.29, 1.82) is 0 Å². The first-order valence-electron chi connectivity index (χ1n) is 18.1. The summed E-state index contributed by atoms with van der Waals surface area (Å²) >= 11 is 6.71. The average Bonchev–Trinajstić information content (AvgIpc) is 3.84. The summed E-state index contributed by atoms with van der Waals surface area (Å²) in [6.45, 7) is 1.72. The predicted octanol–water partition coefficient (Wildman–Crippen LogP) is 6.70. The molecule has 0 aliphatic rings. The third-order valence-electron chi connectivity index (χ3n) is 9.00. The second-order valence-corrected chi connectivity index (χ2v) is 13.3. The number of esters is 1. The Bertz CT molecular complexity index is 2060. The number of rotatable bonds is 23. The Labute approximate surface area is 326 Å². The predicted molar refractivity (Wildman–Crippen MR) is 202 cm³/mol. The van der Waals surface area contributed by atoms with Crippen LogP contribution in [0.15, 0.2) is 78.9 Å². The molecule has 5 rings (SSSR count). The summed E-state index contributed by atoms with van der Waals surface area (Å²) < 4.78 is 7.43. The zero-order valence-electron chi connectivity index (χ0n) is 30.6. The van der Waals surface area contributed by atoms with E-state index >= 15 is 0 Å². The van der Waals surface area contributed by atoms with E-state index in [-0.39, 0.29) is 55.3 Å². The summed E-state index contributed by atoms with van der Waals surface area (Å²) in [5.41, 5.74) is 4.64. The van der Waals surface area contributed by atoms with Crippen LogP contribution in [-0.2, 0) is 38.6 Å². The summed E-state index contributed by atoms with van der Waals surface area (Å²) in [5, 5.41) is 33.7. The number of nitrogens with zero attached hydrogens (tertiary/aromatic N) is 7. The van der Waals surface area contributed by atoms with E-state index in [1.807, 2.05) is 83.4 Å². The van der Waals surface area contributed by atoms with Crippen molar-refractivity contribution in [2.45, 2.75) is 70.9 Å². The van der Waals surface area contributed by atoms with Crippen molar-refractivity contribution in [2.24, 2.45) is 5.92 Å². The Morgan fingerprint density at radius 1 is 0.911 bits per heavy atom. The van der Waals surface area contributed by atoms with Gasteiger partial charge in [0.25, 0.3) is 10.2 Å². The van der Waals surface area contributed by atoms with Gasteiger partial charge in [0.2, 0.25) is 5.82 Å². The number of imidazole rings is 1. The summed E-state index contributed by atoms with van der Waals surface area (Å²) in [7, 11) is 0. The number of benzene rings is 3. The number of unbranched alkanes of at least 4 members (excludes halogenated alkanes) is 2. The number of Topliss-reactive ketones (excluding diaryl/α,β-unsaturated/α-hetero) is 1. The molecule has 56 heavy (non-hydrogen) atoms. The van der Waals surface area contributed by atoms with Gasteiger partial charge in [-0.25, -0.2) is 4.98 Å². The number of aromatic amines is 1. The molecule has 2 aromatic heterocycles. The van der Waals surface area contributed by atoms with Crippen LogP contribution in [-0.4, -0.2) is 71.4 Å². The monoisotopic (exact) mass is 788 g/mol. The van der Waals surface area contributed by atoms with Crippen LogP contribution < -0.4 is 0 Å². The van der Waals surface area contributed by atoms with Crippen molar-refractivity contribution in [2.75, 3.05) is 13.2 Å². The number of ether oxygens (including phenoxy) is 1. The lowest BCUT2D eigenvalue weighted by Crippen LogP contribution is -2.26. The Morgan fingerprint density at radius 2 is 1.64 bits per heavy atom. The molecule has 0 radical (unpaired) electrons. The van der Waals surface area contributed by atoms with Crippen molar-refractivity contribution in [1.82, 2.24) is 30.2 Å². The lowest BCUT2D eigenvalue weighted by molar-refractivity contribution is -0.790. The fraction of sp³-hybridized carbons (Fsp3) is 0.368. The normalized spacial score (nSPS) is 12.1. The van der Waals surface area contributed by atoms with E-state index in [2.05, 4.69) is 42.2 Å². The Balaban J connectivity index is 1.31. The molecule has 18 heteroatoms. The van der Waals surface area contributed by atoms with Gasteiger partial charge in [-0.2, -0.15) is 5.21 Å². The smallest absolute Gasteiger partial charge is 0.309 e. The van der Waals surface area contributed by atoms with Gasteiger partial charge in [0.1, 0.15) is 24.2 Å². The zero-order chi connectivity index (χ0) is 39.9. The summed E-state index contributed by atoms with van der Waals surface area (Å²) in [6, 6.07) is 24.9. The van der Waals surface area contributed by atoms with E-state index in [1.165, 1.54) is 0 Å². The minimum Gasteiger partial charge on any atom is -0.465 e. The first-order valence-corrected chi connectivity index (χ1v) is 18.5. The van der Waals surface area contributed by atoms with Crippen molar-refractivity contribution in [3.63, 3.8) is 0 Å². The molecule has 5 aromatic rings. The number of aromatic nitrogens is 6. The number of ketones is 1. The number of carbonyl (C=O) groups is 2. The standard InChI is InChI=1S/C38H41ClN8O9/c1-2-3-16-34-40-36(39)35(45(34)24-27-17-19-28(20-18-27)31-14-7-8-15-32(31)37-41-43-44-42-37)33(48)23-29(22-26-11-5-4-6-12-26)38(49)54-21-10-9-13-30(56-47(52)53)25-55-46(50)51/h4-8,11-12,14-15,17-20,29-30H,2-3,9-10,13,16,21-25H2,1H3,(H,41,42,43,44). The molecule has 1 N–H and O–H groups in total. The van der Waals surface area contributed by atoms with Crippen molar-refractivity contribution in [3.8, 4) is 22.5 Å². The van der Waals surface area contributed by atoms with Crippen LogP contribution in [0.2, 0.25) is 5.15 Å². The topological polar surface area (TPSA) is 220 Å². The van der Waals surface area contributed by atoms with Gasteiger partial charge >= 0.3 is 5.97 Å². The molecule has 294 valence electrons. The highest BCUT2D eigenvalue weighted by Crippen LogP contribution is 2.31. The molecule has 0 aliphatic carbocycles. The lowest BCUT2D eigenvalue weighted by Gasteiger charge is -2.18. The number of H-pyrrole nitrogens is 1. The number of hydrogen-bond acceptors (Lipinski definition) is 13. The third kappa shape index (κ3) is 11.6. The number of halogens is 1. The van der Waals surface area contributed by atoms with Crippen molar-refractivity contribution < 1.29 is 34.2 Å². The van der Waals surface area contributed by atoms with E-state index < -0.39 is 34.8 Å². The van der Waals surface area contributed by atoms with Crippen LogP contribution in [0.25, 0.3) is 22.5 Å². The van der Waals surface area contributed by atoms with Gasteiger partial charge in [-0.15, -0.1) is 30.4 Å². The minimum absolute atomic E-state index is 0.0466. The second kappa shape index (κ2) is 20.5.